The molecule has 7 heteroatoms. The van der Waals surface area contributed by atoms with E-state index in [2.05, 4.69) is 49.4 Å². The predicted octanol–water partition coefficient (Wildman–Crippen LogP) is 4.73. The molecule has 150 valence electrons. The highest BCUT2D eigenvalue weighted by Crippen LogP contribution is 2.25. The Labute approximate surface area is 174 Å². The number of halogens is 1. The third-order valence-electron chi connectivity index (χ3n) is 4.98. The molecule has 1 aromatic carbocycles. The molecule has 1 saturated carbocycles. The van der Waals surface area contributed by atoms with Gasteiger partial charge in [-0.15, -0.1) is 0 Å². The van der Waals surface area contributed by atoms with Crippen LogP contribution in [0.3, 0.4) is 0 Å². The standard InChI is InChI=1S/C21H27BrN4O2/c1-14-13-23-20(12-19(14)26(2)3)24-16-6-8-17(9-7-16)25-21(27)28-18-10-4-15(22)5-11-18/h4-5,10-13,16-17H,6-9H2,1-3H3,(H,23,24)(H,25,27). The molecular weight excluding hydrogens is 420 g/mol. The van der Waals surface area contributed by atoms with Crippen LogP contribution in [-0.2, 0) is 0 Å². The van der Waals surface area contributed by atoms with E-state index in [1.54, 1.807) is 12.1 Å². The number of aryl methyl sites for hydroxylation is 1. The summed E-state index contributed by atoms with van der Waals surface area (Å²) in [5.74, 6) is 1.44. The van der Waals surface area contributed by atoms with E-state index in [0.29, 0.717) is 11.8 Å². The zero-order chi connectivity index (χ0) is 20.1. The van der Waals surface area contributed by atoms with E-state index in [1.807, 2.05) is 32.4 Å². The number of nitrogens with zero attached hydrogens (tertiary/aromatic N) is 2. The van der Waals surface area contributed by atoms with Crippen molar-refractivity contribution in [3.63, 3.8) is 0 Å². The summed E-state index contributed by atoms with van der Waals surface area (Å²) < 4.78 is 6.29. The molecule has 6 nitrogen and oxygen atoms in total. The van der Waals surface area contributed by atoms with E-state index in [9.17, 15) is 4.79 Å². The van der Waals surface area contributed by atoms with Gasteiger partial charge in [-0.2, -0.15) is 0 Å². The Morgan fingerprint density at radius 3 is 2.43 bits per heavy atom. The molecule has 0 saturated heterocycles. The number of benzene rings is 1. The third-order valence-corrected chi connectivity index (χ3v) is 5.51. The topological polar surface area (TPSA) is 66.5 Å². The van der Waals surface area contributed by atoms with Gasteiger partial charge in [0.1, 0.15) is 11.6 Å². The van der Waals surface area contributed by atoms with Gasteiger partial charge < -0.3 is 20.3 Å². The molecule has 0 unspecified atom stereocenters. The van der Waals surface area contributed by atoms with Gasteiger partial charge in [-0.3, -0.25) is 0 Å². The van der Waals surface area contributed by atoms with Gasteiger partial charge in [0.25, 0.3) is 0 Å². The lowest BCUT2D eigenvalue weighted by Gasteiger charge is -2.30. The number of anilines is 2. The number of ether oxygens (including phenoxy) is 1. The first kappa shape index (κ1) is 20.5. The number of amides is 1. The molecular formula is C21H27BrN4O2. The van der Waals surface area contributed by atoms with Gasteiger partial charge in [-0.25, -0.2) is 9.78 Å². The van der Waals surface area contributed by atoms with Crippen LogP contribution in [0.1, 0.15) is 31.2 Å². The first-order valence-corrected chi connectivity index (χ1v) is 10.3. The highest BCUT2D eigenvalue weighted by molar-refractivity contribution is 9.10. The summed E-state index contributed by atoms with van der Waals surface area (Å²) in [6.45, 7) is 2.07. The van der Waals surface area contributed by atoms with Gasteiger partial charge in [0, 0.05) is 48.6 Å². The van der Waals surface area contributed by atoms with Gasteiger partial charge in [0.05, 0.1) is 0 Å². The first-order chi connectivity index (χ1) is 13.4. The Morgan fingerprint density at radius 2 is 1.79 bits per heavy atom. The molecule has 2 aromatic rings. The number of carbonyl (C=O) groups excluding carboxylic acids is 1. The van der Waals surface area contributed by atoms with E-state index >= 15 is 0 Å². The average Bonchev–Trinajstić information content (AvgIpc) is 2.66. The van der Waals surface area contributed by atoms with Crippen molar-refractivity contribution in [1.82, 2.24) is 10.3 Å². The molecule has 0 spiro atoms. The smallest absolute Gasteiger partial charge is 0.410 e. The van der Waals surface area contributed by atoms with Crippen molar-refractivity contribution in [1.29, 1.82) is 0 Å². The van der Waals surface area contributed by atoms with Crippen LogP contribution in [0, 0.1) is 6.92 Å². The lowest BCUT2D eigenvalue weighted by atomic mass is 9.91. The molecule has 1 amide bonds. The van der Waals surface area contributed by atoms with Gasteiger partial charge in [-0.1, -0.05) is 15.9 Å². The van der Waals surface area contributed by atoms with E-state index < -0.39 is 6.09 Å². The Kier molecular flexibility index (Phi) is 6.78. The summed E-state index contributed by atoms with van der Waals surface area (Å²) in [5, 5.41) is 6.51. The molecule has 0 aliphatic heterocycles. The molecule has 28 heavy (non-hydrogen) atoms. The SMILES string of the molecule is Cc1cnc(NC2CCC(NC(=O)Oc3ccc(Br)cc3)CC2)cc1N(C)C. The molecule has 1 aliphatic rings. The Morgan fingerprint density at radius 1 is 1.14 bits per heavy atom. The molecule has 0 radical (unpaired) electrons. The minimum absolute atomic E-state index is 0.143. The van der Waals surface area contributed by atoms with E-state index in [1.165, 1.54) is 5.69 Å². The van der Waals surface area contributed by atoms with Gasteiger partial charge in [0.15, 0.2) is 0 Å². The first-order valence-electron chi connectivity index (χ1n) is 9.55. The second kappa shape index (κ2) is 9.28. The van der Waals surface area contributed by atoms with Crippen LogP contribution in [0.5, 0.6) is 5.75 Å². The van der Waals surface area contributed by atoms with Crippen LogP contribution in [0.25, 0.3) is 0 Å². The summed E-state index contributed by atoms with van der Waals surface area (Å²) in [4.78, 5) is 18.7. The lowest BCUT2D eigenvalue weighted by Crippen LogP contribution is -2.41. The zero-order valence-corrected chi connectivity index (χ0v) is 18.1. The van der Waals surface area contributed by atoms with Crippen LogP contribution in [-0.4, -0.2) is 37.3 Å². The van der Waals surface area contributed by atoms with E-state index in [4.69, 9.17) is 4.74 Å². The monoisotopic (exact) mass is 446 g/mol. The number of pyridine rings is 1. The highest BCUT2D eigenvalue weighted by Gasteiger charge is 2.23. The minimum Gasteiger partial charge on any atom is -0.410 e. The van der Waals surface area contributed by atoms with Crippen molar-refractivity contribution in [3.8, 4) is 5.75 Å². The van der Waals surface area contributed by atoms with Crippen LogP contribution in [0.2, 0.25) is 0 Å². The van der Waals surface area contributed by atoms with Crippen molar-refractivity contribution < 1.29 is 9.53 Å². The zero-order valence-electron chi connectivity index (χ0n) is 16.5. The summed E-state index contributed by atoms with van der Waals surface area (Å²) in [6.07, 6.45) is 5.31. The minimum atomic E-state index is -0.394. The highest BCUT2D eigenvalue weighted by atomic mass is 79.9. The second-order valence-electron chi connectivity index (χ2n) is 7.43. The molecule has 3 rings (SSSR count). The number of nitrogens with one attached hydrogen (secondary N) is 2. The summed E-state index contributed by atoms with van der Waals surface area (Å²) >= 11 is 3.37. The molecule has 0 bridgehead atoms. The maximum atomic E-state index is 12.1. The quantitative estimate of drug-likeness (QED) is 0.694. The summed E-state index contributed by atoms with van der Waals surface area (Å²) in [7, 11) is 4.08. The maximum Gasteiger partial charge on any atom is 0.412 e. The van der Waals surface area contributed by atoms with Gasteiger partial charge in [-0.05, 0) is 62.4 Å². The Balaban J connectivity index is 1.46. The predicted molar refractivity (Wildman–Crippen MR) is 116 cm³/mol. The fourth-order valence-electron chi connectivity index (χ4n) is 3.47. The van der Waals surface area contributed by atoms with E-state index in [0.717, 1.165) is 41.5 Å². The van der Waals surface area contributed by atoms with Crippen LogP contribution in [0.4, 0.5) is 16.3 Å². The number of aromatic nitrogens is 1. The molecule has 1 fully saturated rings. The van der Waals surface area contributed by atoms with E-state index in [-0.39, 0.29) is 6.04 Å². The van der Waals surface area contributed by atoms with Crippen molar-refractivity contribution in [2.45, 2.75) is 44.7 Å². The Hall–Kier alpha value is -2.28. The fraction of sp³-hybridized carbons (Fsp3) is 0.429. The Bertz CT molecular complexity index is 803. The third kappa shape index (κ3) is 5.61. The normalized spacial score (nSPS) is 19.0. The van der Waals surface area contributed by atoms with Gasteiger partial charge >= 0.3 is 6.09 Å². The number of carbonyl (C=O) groups is 1. The molecule has 1 heterocycles. The molecule has 1 aromatic heterocycles. The summed E-state index contributed by atoms with van der Waals surface area (Å²) in [6, 6.07) is 9.83. The van der Waals surface area contributed by atoms with Crippen molar-refractivity contribution in [3.05, 3.63) is 46.6 Å². The van der Waals surface area contributed by atoms with Crippen molar-refractivity contribution >= 4 is 33.5 Å². The second-order valence-corrected chi connectivity index (χ2v) is 8.35. The largest absolute Gasteiger partial charge is 0.412 e. The molecule has 1 aliphatic carbocycles. The average molecular weight is 447 g/mol. The van der Waals surface area contributed by atoms with Crippen LogP contribution in [0.15, 0.2) is 41.0 Å². The number of rotatable bonds is 5. The summed E-state index contributed by atoms with van der Waals surface area (Å²) in [5.41, 5.74) is 2.33. The van der Waals surface area contributed by atoms with Crippen LogP contribution >= 0.6 is 15.9 Å². The van der Waals surface area contributed by atoms with Crippen LogP contribution < -0.4 is 20.3 Å². The van der Waals surface area contributed by atoms with Crippen molar-refractivity contribution in [2.24, 2.45) is 0 Å². The maximum absolute atomic E-state index is 12.1. The fourth-order valence-corrected chi connectivity index (χ4v) is 3.74. The molecule has 0 atom stereocenters. The lowest BCUT2D eigenvalue weighted by molar-refractivity contribution is 0.191. The van der Waals surface area contributed by atoms with Gasteiger partial charge in [0.2, 0.25) is 0 Å². The number of hydrogen-bond donors (Lipinski definition) is 2. The van der Waals surface area contributed by atoms with Crippen molar-refractivity contribution in [2.75, 3.05) is 24.3 Å². The number of hydrogen-bond acceptors (Lipinski definition) is 5. The molecule has 2 N–H and O–H groups in total.